The van der Waals surface area contributed by atoms with Crippen molar-refractivity contribution in [2.45, 2.75) is 40.3 Å². The number of rotatable bonds is 4. The van der Waals surface area contributed by atoms with Crippen molar-refractivity contribution in [1.82, 2.24) is 10.3 Å². The molecule has 1 N–H and O–H groups in total. The molecule has 84 valence electrons. The van der Waals surface area contributed by atoms with E-state index in [0.29, 0.717) is 0 Å². The van der Waals surface area contributed by atoms with Gasteiger partial charge >= 0.3 is 0 Å². The molecule has 0 aliphatic rings. The number of hydrogen-bond acceptors (Lipinski definition) is 3. The molecular weight excluding hydrogens is 188 g/mol. The first-order valence-corrected chi connectivity index (χ1v) is 5.33. The van der Waals surface area contributed by atoms with E-state index in [9.17, 15) is 0 Å². The van der Waals surface area contributed by atoms with Crippen molar-refractivity contribution < 1.29 is 4.74 Å². The van der Waals surface area contributed by atoms with Crippen molar-refractivity contribution in [3.05, 3.63) is 22.9 Å². The van der Waals surface area contributed by atoms with Gasteiger partial charge in [-0.2, -0.15) is 0 Å². The van der Waals surface area contributed by atoms with Crippen molar-refractivity contribution in [3.8, 4) is 5.88 Å². The van der Waals surface area contributed by atoms with Crippen LogP contribution in [0.4, 0.5) is 0 Å². The molecule has 0 amide bonds. The summed E-state index contributed by atoms with van der Waals surface area (Å²) in [4.78, 5) is 4.43. The molecule has 0 fully saturated rings. The summed E-state index contributed by atoms with van der Waals surface area (Å²) in [5.41, 5.74) is 3.38. The molecule has 0 aliphatic heterocycles. The van der Waals surface area contributed by atoms with Gasteiger partial charge < -0.3 is 10.1 Å². The van der Waals surface area contributed by atoms with Gasteiger partial charge in [-0.25, -0.2) is 4.98 Å². The Morgan fingerprint density at radius 1 is 1.40 bits per heavy atom. The third-order valence-corrected chi connectivity index (χ3v) is 2.14. The summed E-state index contributed by atoms with van der Waals surface area (Å²) in [6.45, 7) is 8.91. The van der Waals surface area contributed by atoms with Crippen molar-refractivity contribution in [3.63, 3.8) is 0 Å². The molecule has 0 radical (unpaired) electrons. The average molecular weight is 208 g/mol. The number of ether oxygens (including phenoxy) is 1. The first-order valence-electron chi connectivity index (χ1n) is 5.33. The zero-order valence-corrected chi connectivity index (χ0v) is 10.2. The molecule has 1 aromatic heterocycles. The minimum atomic E-state index is 0.161. The second-order valence-electron chi connectivity index (χ2n) is 4.06. The maximum atomic E-state index is 5.71. The van der Waals surface area contributed by atoms with E-state index in [0.717, 1.165) is 23.7 Å². The fourth-order valence-electron chi connectivity index (χ4n) is 1.54. The monoisotopic (exact) mass is 208 g/mol. The van der Waals surface area contributed by atoms with E-state index in [1.165, 1.54) is 5.56 Å². The highest BCUT2D eigenvalue weighted by atomic mass is 16.5. The second kappa shape index (κ2) is 5.12. The largest absolute Gasteiger partial charge is 0.475 e. The van der Waals surface area contributed by atoms with Crippen molar-refractivity contribution in [2.75, 3.05) is 7.05 Å². The molecule has 3 heteroatoms. The fraction of sp³-hybridized carbons (Fsp3) is 0.583. The van der Waals surface area contributed by atoms with Gasteiger partial charge in [0, 0.05) is 17.8 Å². The van der Waals surface area contributed by atoms with E-state index >= 15 is 0 Å². The third-order valence-electron chi connectivity index (χ3n) is 2.14. The highest BCUT2D eigenvalue weighted by molar-refractivity contribution is 5.35. The van der Waals surface area contributed by atoms with Crippen LogP contribution in [0.5, 0.6) is 5.88 Å². The lowest BCUT2D eigenvalue weighted by atomic mass is 10.1. The van der Waals surface area contributed by atoms with E-state index in [1.807, 2.05) is 27.8 Å². The van der Waals surface area contributed by atoms with Crippen LogP contribution < -0.4 is 10.1 Å². The Morgan fingerprint density at radius 2 is 2.07 bits per heavy atom. The lowest BCUT2D eigenvalue weighted by Gasteiger charge is -2.15. The van der Waals surface area contributed by atoms with Gasteiger partial charge in [0.25, 0.3) is 0 Å². The molecule has 1 heterocycles. The van der Waals surface area contributed by atoms with Crippen molar-refractivity contribution in [2.24, 2.45) is 0 Å². The molecule has 3 nitrogen and oxygen atoms in total. The van der Waals surface area contributed by atoms with Crippen LogP contribution in [0.25, 0.3) is 0 Å². The maximum Gasteiger partial charge on any atom is 0.218 e. The van der Waals surface area contributed by atoms with Gasteiger partial charge in [0.05, 0.1) is 6.10 Å². The van der Waals surface area contributed by atoms with Gasteiger partial charge in [-0.1, -0.05) is 0 Å². The average Bonchev–Trinajstić information content (AvgIpc) is 2.10. The molecule has 0 saturated carbocycles. The van der Waals surface area contributed by atoms with E-state index in [1.54, 1.807) is 0 Å². The molecule has 0 aliphatic carbocycles. The molecule has 0 saturated heterocycles. The van der Waals surface area contributed by atoms with Gasteiger partial charge in [-0.05, 0) is 46.4 Å². The Balaban J connectivity index is 3.08. The summed E-state index contributed by atoms with van der Waals surface area (Å²) in [6, 6.07) is 2.08. The molecule has 0 spiro atoms. The summed E-state index contributed by atoms with van der Waals surface area (Å²) < 4.78 is 5.71. The molecule has 1 rings (SSSR count). The van der Waals surface area contributed by atoms with E-state index in [-0.39, 0.29) is 6.10 Å². The summed E-state index contributed by atoms with van der Waals surface area (Å²) in [5, 5.41) is 3.14. The normalized spacial score (nSPS) is 10.8. The van der Waals surface area contributed by atoms with Gasteiger partial charge in [-0.15, -0.1) is 0 Å². The van der Waals surface area contributed by atoms with E-state index < -0.39 is 0 Å². The summed E-state index contributed by atoms with van der Waals surface area (Å²) in [6.07, 6.45) is 0.161. The van der Waals surface area contributed by atoms with Gasteiger partial charge in [0.2, 0.25) is 5.88 Å². The SMILES string of the molecule is CNCc1c(C)cc(C)nc1OC(C)C. The predicted octanol–water partition coefficient (Wildman–Crippen LogP) is 2.21. The summed E-state index contributed by atoms with van der Waals surface area (Å²) in [5.74, 6) is 0.761. The van der Waals surface area contributed by atoms with Crippen LogP contribution >= 0.6 is 0 Å². The molecule has 1 aromatic rings. The van der Waals surface area contributed by atoms with Crippen LogP contribution in [0.3, 0.4) is 0 Å². The van der Waals surface area contributed by atoms with Crippen LogP contribution in [0.15, 0.2) is 6.07 Å². The van der Waals surface area contributed by atoms with E-state index in [4.69, 9.17) is 4.74 Å². The van der Waals surface area contributed by atoms with Crippen molar-refractivity contribution >= 4 is 0 Å². The van der Waals surface area contributed by atoms with E-state index in [2.05, 4.69) is 23.3 Å². The molecule has 0 unspecified atom stereocenters. The number of aryl methyl sites for hydroxylation is 2. The van der Waals surface area contributed by atoms with Crippen LogP contribution in [0, 0.1) is 13.8 Å². The Hall–Kier alpha value is -1.09. The Morgan fingerprint density at radius 3 is 2.60 bits per heavy atom. The Kier molecular flexibility index (Phi) is 4.09. The zero-order valence-electron chi connectivity index (χ0n) is 10.2. The molecule has 15 heavy (non-hydrogen) atoms. The summed E-state index contributed by atoms with van der Waals surface area (Å²) >= 11 is 0. The van der Waals surface area contributed by atoms with Gasteiger partial charge in [-0.3, -0.25) is 0 Å². The standard InChI is InChI=1S/C12H20N2O/c1-8(2)15-12-11(7-13-5)9(3)6-10(4)14-12/h6,8,13H,7H2,1-5H3. The van der Waals surface area contributed by atoms with Gasteiger partial charge in [0.15, 0.2) is 0 Å². The lowest BCUT2D eigenvalue weighted by Crippen LogP contribution is -2.14. The summed E-state index contributed by atoms with van der Waals surface area (Å²) in [7, 11) is 1.93. The third kappa shape index (κ3) is 3.20. The molecule has 0 atom stereocenters. The molecule has 0 aromatic carbocycles. The second-order valence-corrected chi connectivity index (χ2v) is 4.06. The Bertz CT molecular complexity index is 335. The number of hydrogen-bond donors (Lipinski definition) is 1. The topological polar surface area (TPSA) is 34.2 Å². The highest BCUT2D eigenvalue weighted by Crippen LogP contribution is 2.21. The minimum Gasteiger partial charge on any atom is -0.475 e. The minimum absolute atomic E-state index is 0.161. The predicted molar refractivity (Wildman–Crippen MR) is 62.2 cm³/mol. The first kappa shape index (κ1) is 12.0. The Labute approximate surface area is 91.9 Å². The maximum absolute atomic E-state index is 5.71. The fourth-order valence-corrected chi connectivity index (χ4v) is 1.54. The number of nitrogens with one attached hydrogen (secondary N) is 1. The van der Waals surface area contributed by atoms with Crippen LogP contribution in [0.1, 0.15) is 30.7 Å². The zero-order chi connectivity index (χ0) is 11.4. The van der Waals surface area contributed by atoms with Crippen LogP contribution in [-0.4, -0.2) is 18.1 Å². The quantitative estimate of drug-likeness (QED) is 0.823. The number of pyridine rings is 1. The molecular formula is C12H20N2O. The van der Waals surface area contributed by atoms with Crippen LogP contribution in [-0.2, 0) is 6.54 Å². The first-order chi connectivity index (χ1) is 7.04. The smallest absolute Gasteiger partial charge is 0.218 e. The van der Waals surface area contributed by atoms with Gasteiger partial charge in [0.1, 0.15) is 0 Å². The number of aromatic nitrogens is 1. The van der Waals surface area contributed by atoms with Crippen molar-refractivity contribution in [1.29, 1.82) is 0 Å². The lowest BCUT2D eigenvalue weighted by molar-refractivity contribution is 0.229. The number of nitrogens with zero attached hydrogens (tertiary/aromatic N) is 1. The molecule has 0 bridgehead atoms. The highest BCUT2D eigenvalue weighted by Gasteiger charge is 2.10. The van der Waals surface area contributed by atoms with Crippen LogP contribution in [0.2, 0.25) is 0 Å².